The second-order valence-electron chi connectivity index (χ2n) is 7.75. The van der Waals surface area contributed by atoms with Gasteiger partial charge in [-0.2, -0.15) is 0 Å². The second-order valence-corrected chi connectivity index (χ2v) is 7.75. The molecule has 0 radical (unpaired) electrons. The highest BCUT2D eigenvalue weighted by molar-refractivity contribution is 5.83. The summed E-state index contributed by atoms with van der Waals surface area (Å²) in [4.78, 5) is 14.7. The van der Waals surface area contributed by atoms with Gasteiger partial charge in [0.15, 0.2) is 0 Å². The van der Waals surface area contributed by atoms with Gasteiger partial charge in [-0.15, -0.1) is 0 Å². The molecule has 0 aliphatic carbocycles. The quantitative estimate of drug-likeness (QED) is 0.735. The van der Waals surface area contributed by atoms with E-state index in [9.17, 15) is 4.79 Å². The first-order valence-electron chi connectivity index (χ1n) is 9.62. The van der Waals surface area contributed by atoms with Gasteiger partial charge in [0.1, 0.15) is 0 Å². The molecule has 2 atom stereocenters. The summed E-state index contributed by atoms with van der Waals surface area (Å²) in [6.07, 6.45) is 3.36. The van der Waals surface area contributed by atoms with Crippen LogP contribution in [0.4, 0.5) is 0 Å². The molecule has 1 aliphatic heterocycles. The van der Waals surface area contributed by atoms with E-state index in [2.05, 4.69) is 55.4 Å². The molecule has 4 nitrogen and oxygen atoms in total. The molecule has 1 N–H and O–H groups in total. The second kappa shape index (κ2) is 9.93. The molecule has 0 saturated carbocycles. The van der Waals surface area contributed by atoms with Crippen molar-refractivity contribution in [2.24, 2.45) is 5.92 Å². The number of benzene rings is 1. The van der Waals surface area contributed by atoms with E-state index < -0.39 is 0 Å². The summed E-state index contributed by atoms with van der Waals surface area (Å²) in [5.74, 6) is 0.656. The molecule has 2 rings (SSSR count). The van der Waals surface area contributed by atoms with E-state index in [1.54, 1.807) is 0 Å². The zero-order valence-electron chi connectivity index (χ0n) is 16.3. The fraction of sp³-hybridized carbons (Fsp3) is 0.667. The van der Waals surface area contributed by atoms with E-state index in [1.807, 2.05) is 6.92 Å². The van der Waals surface area contributed by atoms with Crippen LogP contribution in [0.1, 0.15) is 50.7 Å². The van der Waals surface area contributed by atoms with Crippen molar-refractivity contribution in [1.29, 1.82) is 0 Å². The van der Waals surface area contributed by atoms with Crippen molar-refractivity contribution in [2.75, 3.05) is 33.3 Å². The maximum absolute atomic E-state index is 12.4. The van der Waals surface area contributed by atoms with Gasteiger partial charge in [-0.25, -0.2) is 0 Å². The third-order valence-electron chi connectivity index (χ3n) is 4.86. The molecule has 1 amide bonds. The van der Waals surface area contributed by atoms with Crippen molar-refractivity contribution in [3.8, 4) is 0 Å². The highest BCUT2D eigenvalue weighted by Gasteiger charge is 2.18. The lowest BCUT2D eigenvalue weighted by atomic mass is 9.96. The van der Waals surface area contributed by atoms with Crippen molar-refractivity contribution in [3.05, 3.63) is 35.4 Å². The molecule has 1 heterocycles. The van der Waals surface area contributed by atoms with E-state index in [1.165, 1.54) is 5.56 Å². The highest BCUT2D eigenvalue weighted by Crippen LogP contribution is 2.18. The van der Waals surface area contributed by atoms with Gasteiger partial charge >= 0.3 is 0 Å². The van der Waals surface area contributed by atoms with Crippen LogP contribution in [-0.4, -0.2) is 50.2 Å². The third kappa shape index (κ3) is 6.79. The third-order valence-corrected chi connectivity index (χ3v) is 4.86. The van der Waals surface area contributed by atoms with Crippen molar-refractivity contribution in [1.82, 2.24) is 10.2 Å². The van der Waals surface area contributed by atoms with Crippen molar-refractivity contribution in [2.45, 2.75) is 52.1 Å². The molecule has 0 aromatic heterocycles. The number of likely N-dealkylation sites (N-methyl/N-ethyl adjacent to an activating group) is 1. The molecule has 1 aromatic rings. The minimum Gasteiger partial charge on any atom is -0.376 e. The van der Waals surface area contributed by atoms with Crippen LogP contribution in [0.3, 0.4) is 0 Å². The number of amides is 1. The van der Waals surface area contributed by atoms with Gasteiger partial charge in [-0.05, 0) is 50.3 Å². The number of hydrogen-bond donors (Lipinski definition) is 1. The monoisotopic (exact) mass is 346 g/mol. The molecule has 0 bridgehead atoms. The van der Waals surface area contributed by atoms with Crippen LogP contribution in [-0.2, 0) is 16.0 Å². The molecule has 1 aromatic carbocycles. The van der Waals surface area contributed by atoms with Crippen molar-refractivity contribution in [3.63, 3.8) is 0 Å². The number of nitrogens with one attached hydrogen (secondary N) is 1. The Bertz CT molecular complexity index is 527. The molecule has 1 fully saturated rings. The van der Waals surface area contributed by atoms with Crippen molar-refractivity contribution >= 4 is 5.91 Å². The molecule has 1 unspecified atom stereocenters. The Labute approximate surface area is 152 Å². The lowest BCUT2D eigenvalue weighted by molar-refractivity contribution is -0.122. The molecular weight excluding hydrogens is 312 g/mol. The van der Waals surface area contributed by atoms with Crippen LogP contribution in [0.2, 0.25) is 0 Å². The molecule has 1 aliphatic rings. The predicted molar refractivity (Wildman–Crippen MR) is 103 cm³/mol. The summed E-state index contributed by atoms with van der Waals surface area (Å²) in [5.41, 5.74) is 2.42. The SMILES string of the molecule is CC(C)Cc1ccc(C(C)C(=O)NCCC[C@@H]2CN(C)CCO2)cc1. The first kappa shape index (κ1) is 19.9. The van der Waals surface area contributed by atoms with Gasteiger partial charge in [0.2, 0.25) is 5.91 Å². The number of nitrogens with zero attached hydrogens (tertiary/aromatic N) is 1. The summed E-state index contributed by atoms with van der Waals surface area (Å²) in [6.45, 7) is 9.97. The smallest absolute Gasteiger partial charge is 0.227 e. The minimum absolute atomic E-state index is 0.106. The van der Waals surface area contributed by atoms with E-state index in [4.69, 9.17) is 4.74 Å². The number of rotatable bonds is 8. The molecule has 140 valence electrons. The lowest BCUT2D eigenvalue weighted by Crippen LogP contribution is -2.40. The van der Waals surface area contributed by atoms with Gasteiger partial charge in [-0.3, -0.25) is 4.79 Å². The summed E-state index contributed by atoms with van der Waals surface area (Å²) in [5, 5.41) is 3.07. The standard InChI is InChI=1S/C21H34N2O2/c1-16(2)14-18-7-9-19(10-8-18)17(3)21(24)22-11-5-6-20-15-23(4)12-13-25-20/h7-10,16-17,20H,5-6,11-15H2,1-4H3,(H,22,24)/t17?,20-/m1/s1. The average Bonchev–Trinajstić information content (AvgIpc) is 2.58. The normalized spacial score (nSPS) is 19.8. The predicted octanol–water partition coefficient (Wildman–Crippen LogP) is 3.22. The largest absolute Gasteiger partial charge is 0.376 e. The van der Waals surface area contributed by atoms with E-state index in [-0.39, 0.29) is 11.8 Å². The number of carbonyl (C=O) groups excluding carboxylic acids is 1. The highest BCUT2D eigenvalue weighted by atomic mass is 16.5. The van der Waals surface area contributed by atoms with E-state index >= 15 is 0 Å². The Balaban J connectivity index is 1.70. The molecule has 25 heavy (non-hydrogen) atoms. The summed E-state index contributed by atoms with van der Waals surface area (Å²) in [7, 11) is 2.13. The fourth-order valence-corrected chi connectivity index (χ4v) is 3.30. The summed E-state index contributed by atoms with van der Waals surface area (Å²) < 4.78 is 5.76. The van der Waals surface area contributed by atoms with Gasteiger partial charge in [0, 0.05) is 19.6 Å². The minimum atomic E-state index is -0.106. The molecule has 0 spiro atoms. The average molecular weight is 347 g/mol. The number of ether oxygens (including phenoxy) is 1. The van der Waals surface area contributed by atoms with Crippen molar-refractivity contribution < 1.29 is 9.53 Å². The van der Waals surface area contributed by atoms with E-state index in [0.29, 0.717) is 12.0 Å². The molecular formula is C21H34N2O2. The van der Waals surface area contributed by atoms with Gasteiger partial charge < -0.3 is 15.0 Å². The van der Waals surface area contributed by atoms with Crippen LogP contribution in [0.15, 0.2) is 24.3 Å². The van der Waals surface area contributed by atoms with Crippen LogP contribution >= 0.6 is 0 Å². The van der Waals surface area contributed by atoms with Gasteiger partial charge in [0.25, 0.3) is 0 Å². The lowest BCUT2D eigenvalue weighted by Gasteiger charge is -2.30. The maximum Gasteiger partial charge on any atom is 0.227 e. The zero-order chi connectivity index (χ0) is 18.2. The Morgan fingerprint density at radius 2 is 2.00 bits per heavy atom. The Morgan fingerprint density at radius 1 is 1.28 bits per heavy atom. The van der Waals surface area contributed by atoms with Crippen LogP contribution in [0.25, 0.3) is 0 Å². The number of morpholine rings is 1. The Kier molecular flexibility index (Phi) is 7.91. The topological polar surface area (TPSA) is 41.6 Å². The van der Waals surface area contributed by atoms with Crippen LogP contribution in [0, 0.1) is 5.92 Å². The van der Waals surface area contributed by atoms with E-state index in [0.717, 1.165) is 51.1 Å². The van der Waals surface area contributed by atoms with Gasteiger partial charge in [-0.1, -0.05) is 38.1 Å². The zero-order valence-corrected chi connectivity index (χ0v) is 16.3. The fourth-order valence-electron chi connectivity index (χ4n) is 3.30. The molecule has 1 saturated heterocycles. The Morgan fingerprint density at radius 3 is 2.64 bits per heavy atom. The summed E-state index contributed by atoms with van der Waals surface area (Å²) >= 11 is 0. The van der Waals surface area contributed by atoms with Crippen LogP contribution in [0.5, 0.6) is 0 Å². The maximum atomic E-state index is 12.4. The first-order valence-corrected chi connectivity index (χ1v) is 9.62. The van der Waals surface area contributed by atoms with Crippen LogP contribution < -0.4 is 5.32 Å². The molecule has 4 heteroatoms. The number of carbonyl (C=O) groups is 1. The Hall–Kier alpha value is -1.39. The summed E-state index contributed by atoms with van der Waals surface area (Å²) in [6, 6.07) is 8.48. The first-order chi connectivity index (χ1) is 12.0. The van der Waals surface area contributed by atoms with Gasteiger partial charge in [0.05, 0.1) is 18.6 Å². The number of hydrogen-bond acceptors (Lipinski definition) is 3.